The maximum atomic E-state index is 2.44. The molecule has 0 bridgehead atoms. The molecular weight excluding hydrogens is 359 g/mol. The molecule has 0 aliphatic carbocycles. The minimum absolute atomic E-state index is 0.0423. The van der Waals surface area contributed by atoms with Gasteiger partial charge in [-0.25, -0.2) is 0 Å². The first kappa shape index (κ1) is 14.8. The van der Waals surface area contributed by atoms with Crippen LogP contribution < -0.4 is 26.4 Å². The van der Waals surface area contributed by atoms with Crippen molar-refractivity contribution in [2.75, 3.05) is 0 Å². The second-order valence-electron chi connectivity index (χ2n) is 5.80. The third kappa shape index (κ3) is 3.92. The summed E-state index contributed by atoms with van der Waals surface area (Å²) in [5.74, 6) is 0. The SMILES string of the molecule is CCc1ccc([I+]c2ccccc2[Si](C)(C)C)cc1. The molecule has 0 heterocycles. The maximum Gasteiger partial charge on any atom is 0.357 e. The molecule has 0 unspecified atom stereocenters. The lowest BCUT2D eigenvalue weighted by atomic mass is 10.2. The lowest BCUT2D eigenvalue weighted by Gasteiger charge is -2.15. The van der Waals surface area contributed by atoms with Crippen LogP contribution in [0.15, 0.2) is 48.5 Å². The zero-order valence-electron chi connectivity index (χ0n) is 12.2. The lowest BCUT2D eigenvalue weighted by molar-refractivity contribution is -0.596. The number of rotatable bonds is 4. The Morgan fingerprint density at radius 3 is 2.11 bits per heavy atom. The second kappa shape index (κ2) is 6.22. The van der Waals surface area contributed by atoms with Gasteiger partial charge in [0.15, 0.2) is 7.14 Å². The molecule has 2 heteroatoms. The second-order valence-corrected chi connectivity index (χ2v) is 13.8. The third-order valence-electron chi connectivity index (χ3n) is 3.21. The summed E-state index contributed by atoms with van der Waals surface area (Å²) in [6.45, 7) is 9.53. The van der Waals surface area contributed by atoms with E-state index < -0.39 is 8.07 Å². The molecule has 0 N–H and O–H groups in total. The van der Waals surface area contributed by atoms with E-state index in [1.54, 1.807) is 8.76 Å². The highest BCUT2D eigenvalue weighted by Gasteiger charge is 2.27. The monoisotopic (exact) mass is 381 g/mol. The number of hydrogen-bond acceptors (Lipinski definition) is 0. The van der Waals surface area contributed by atoms with Crippen molar-refractivity contribution in [3.8, 4) is 0 Å². The van der Waals surface area contributed by atoms with Gasteiger partial charge in [0.25, 0.3) is 0 Å². The van der Waals surface area contributed by atoms with E-state index in [1.807, 2.05) is 0 Å². The fraction of sp³-hybridized carbons (Fsp3) is 0.294. The van der Waals surface area contributed by atoms with Gasteiger partial charge in [0, 0.05) is 0 Å². The van der Waals surface area contributed by atoms with Crippen molar-refractivity contribution in [2.24, 2.45) is 0 Å². The van der Waals surface area contributed by atoms with Crippen molar-refractivity contribution >= 4 is 13.3 Å². The highest BCUT2D eigenvalue weighted by atomic mass is 127. The number of benzene rings is 2. The van der Waals surface area contributed by atoms with Crippen molar-refractivity contribution < 1.29 is 21.2 Å². The molecule has 2 rings (SSSR count). The molecule has 0 fully saturated rings. The summed E-state index contributed by atoms with van der Waals surface area (Å²) >= 11 is -0.0423. The molecule has 0 radical (unpaired) electrons. The minimum Gasteiger partial charge on any atom is -0.0655 e. The molecule has 2 aromatic rings. The largest absolute Gasteiger partial charge is 0.357 e. The Kier molecular flexibility index (Phi) is 4.85. The number of hydrogen-bond donors (Lipinski definition) is 0. The van der Waals surface area contributed by atoms with E-state index in [1.165, 1.54) is 9.13 Å². The van der Waals surface area contributed by atoms with Gasteiger partial charge >= 0.3 is 21.2 Å². The van der Waals surface area contributed by atoms with Crippen LogP contribution in [0, 0.1) is 7.14 Å². The van der Waals surface area contributed by atoms with Crippen molar-refractivity contribution in [1.29, 1.82) is 0 Å². The van der Waals surface area contributed by atoms with Crippen LogP contribution in [-0.4, -0.2) is 8.07 Å². The van der Waals surface area contributed by atoms with Gasteiger partial charge in [-0.15, -0.1) is 0 Å². The van der Waals surface area contributed by atoms with Gasteiger partial charge in [-0.2, -0.15) is 0 Å². The van der Waals surface area contributed by atoms with Gasteiger partial charge in [0.1, 0.15) is 0 Å². The Morgan fingerprint density at radius 2 is 1.53 bits per heavy atom. The van der Waals surface area contributed by atoms with Crippen LogP contribution in [0.4, 0.5) is 0 Å². The van der Waals surface area contributed by atoms with Gasteiger partial charge in [0.05, 0.1) is 8.07 Å². The topological polar surface area (TPSA) is 0 Å². The molecule has 19 heavy (non-hydrogen) atoms. The Labute approximate surface area is 128 Å². The molecule has 2 aromatic carbocycles. The van der Waals surface area contributed by atoms with Crippen LogP contribution in [-0.2, 0) is 6.42 Å². The zero-order valence-corrected chi connectivity index (χ0v) is 15.4. The summed E-state index contributed by atoms with van der Waals surface area (Å²) in [5, 5.41) is 1.64. The zero-order chi connectivity index (χ0) is 13.9. The molecule has 100 valence electrons. The van der Waals surface area contributed by atoms with Gasteiger partial charge in [-0.3, -0.25) is 0 Å². The van der Waals surface area contributed by atoms with Gasteiger partial charge in [-0.1, -0.05) is 56.9 Å². The first-order valence-corrected chi connectivity index (χ1v) is 12.5. The van der Waals surface area contributed by atoms with E-state index in [4.69, 9.17) is 0 Å². The van der Waals surface area contributed by atoms with Gasteiger partial charge < -0.3 is 0 Å². The fourth-order valence-electron chi connectivity index (χ4n) is 2.05. The molecule has 0 aliphatic heterocycles. The average Bonchev–Trinajstić information content (AvgIpc) is 2.39. The summed E-state index contributed by atoms with van der Waals surface area (Å²) < 4.78 is 3.14. The molecule has 0 amide bonds. The van der Waals surface area contributed by atoms with Crippen molar-refractivity contribution in [3.05, 3.63) is 61.2 Å². The van der Waals surface area contributed by atoms with Crippen LogP contribution >= 0.6 is 0 Å². The first-order chi connectivity index (χ1) is 9.00. The Balaban J connectivity index is 2.28. The molecule has 0 spiro atoms. The van der Waals surface area contributed by atoms with Crippen LogP contribution in [0.5, 0.6) is 0 Å². The number of halogens is 1. The third-order valence-corrected chi connectivity index (χ3v) is 8.64. The maximum absolute atomic E-state index is 2.44. The Hall–Kier alpha value is -0.613. The normalized spacial score (nSPS) is 11.6. The van der Waals surface area contributed by atoms with E-state index >= 15 is 0 Å². The molecule has 0 atom stereocenters. The highest BCUT2D eigenvalue weighted by molar-refractivity contribution is 6.88. The van der Waals surface area contributed by atoms with E-state index in [0.29, 0.717) is 0 Å². The predicted octanol–water partition coefficient (Wildman–Crippen LogP) is 0.923. The van der Waals surface area contributed by atoms with E-state index in [9.17, 15) is 0 Å². The van der Waals surface area contributed by atoms with Crippen LogP contribution in [0.3, 0.4) is 0 Å². The molecule has 0 saturated carbocycles. The summed E-state index contributed by atoms with van der Waals surface area (Å²) in [7, 11) is -1.22. The van der Waals surface area contributed by atoms with E-state index in [2.05, 4.69) is 75.1 Å². The molecular formula is C17H22ISi+. The number of aryl methyl sites for hydroxylation is 1. The summed E-state index contributed by atoms with van der Waals surface area (Å²) in [5.41, 5.74) is 1.44. The summed E-state index contributed by atoms with van der Waals surface area (Å²) in [4.78, 5) is 0. The molecule has 0 saturated heterocycles. The van der Waals surface area contributed by atoms with Crippen molar-refractivity contribution in [1.82, 2.24) is 0 Å². The van der Waals surface area contributed by atoms with Crippen molar-refractivity contribution in [2.45, 2.75) is 33.0 Å². The fourth-order valence-corrected chi connectivity index (χ4v) is 8.44. The predicted molar refractivity (Wildman–Crippen MR) is 82.6 cm³/mol. The van der Waals surface area contributed by atoms with Crippen molar-refractivity contribution in [3.63, 3.8) is 0 Å². The van der Waals surface area contributed by atoms with E-state index in [0.717, 1.165) is 6.42 Å². The Bertz CT molecular complexity index is 538. The van der Waals surface area contributed by atoms with Gasteiger partial charge in [-0.05, 0) is 35.4 Å². The summed E-state index contributed by atoms with van der Waals surface area (Å²) in [6, 6.07) is 18.3. The van der Waals surface area contributed by atoms with Crippen LogP contribution in [0.25, 0.3) is 0 Å². The first-order valence-electron chi connectivity index (χ1n) is 6.84. The Morgan fingerprint density at radius 1 is 0.895 bits per heavy atom. The average molecular weight is 381 g/mol. The highest BCUT2D eigenvalue weighted by Crippen LogP contribution is 2.02. The smallest absolute Gasteiger partial charge is 0.0655 e. The molecule has 0 nitrogen and oxygen atoms in total. The van der Waals surface area contributed by atoms with E-state index in [-0.39, 0.29) is 21.2 Å². The minimum atomic E-state index is -1.22. The van der Waals surface area contributed by atoms with Crippen LogP contribution in [0.1, 0.15) is 12.5 Å². The molecule has 0 aromatic heterocycles. The summed E-state index contributed by atoms with van der Waals surface area (Å²) in [6.07, 6.45) is 1.13. The lowest BCUT2D eigenvalue weighted by Crippen LogP contribution is -3.62. The van der Waals surface area contributed by atoms with Crippen LogP contribution in [0.2, 0.25) is 19.6 Å². The quantitative estimate of drug-likeness (QED) is 0.546. The standard InChI is InChI=1S/C17H22ISi/c1-5-14-10-12-15(13-11-14)18-16-8-6-7-9-17(16)19(2,3)4/h6-13H,5H2,1-4H3/q+1. The molecule has 0 aliphatic rings. The van der Waals surface area contributed by atoms with Gasteiger partial charge in [0.2, 0.25) is 0 Å².